The maximum absolute atomic E-state index is 11.2. The molecule has 0 aliphatic heterocycles. The first kappa shape index (κ1) is 10.4. The molecule has 6 heteroatoms. The van der Waals surface area contributed by atoms with Crippen LogP contribution in [-0.4, -0.2) is 26.9 Å². The molecule has 84 valence electrons. The minimum absolute atomic E-state index is 0.245. The van der Waals surface area contributed by atoms with E-state index in [1.807, 2.05) is 6.92 Å². The van der Waals surface area contributed by atoms with Gasteiger partial charge in [0, 0.05) is 24.9 Å². The maximum atomic E-state index is 11.2. The second-order valence-electron chi connectivity index (χ2n) is 3.44. The number of nitrogens with zero attached hydrogens (tertiary/aromatic N) is 3. The molecule has 6 nitrogen and oxygen atoms in total. The average Bonchev–Trinajstić information content (AvgIpc) is 2.58. The quantitative estimate of drug-likeness (QED) is 0.799. The van der Waals surface area contributed by atoms with E-state index in [2.05, 4.69) is 15.1 Å². The van der Waals surface area contributed by atoms with Crippen molar-refractivity contribution < 1.29 is 4.74 Å². The molecule has 2 heterocycles. The first-order valence-electron chi connectivity index (χ1n) is 4.76. The van der Waals surface area contributed by atoms with Gasteiger partial charge in [0.15, 0.2) is 5.82 Å². The lowest BCUT2D eigenvalue weighted by atomic mass is 10.1. The van der Waals surface area contributed by atoms with Gasteiger partial charge in [-0.2, -0.15) is 5.10 Å². The summed E-state index contributed by atoms with van der Waals surface area (Å²) >= 11 is 0. The number of aromatic nitrogens is 4. The third-order valence-electron chi connectivity index (χ3n) is 2.32. The van der Waals surface area contributed by atoms with Crippen LogP contribution in [-0.2, 0) is 7.05 Å². The van der Waals surface area contributed by atoms with Gasteiger partial charge in [-0.25, -0.2) is 14.5 Å². The van der Waals surface area contributed by atoms with Gasteiger partial charge >= 0.3 is 5.69 Å². The number of ether oxygens (including phenoxy) is 1. The molecular weight excluding hydrogens is 208 g/mol. The lowest BCUT2D eigenvalue weighted by Crippen LogP contribution is -2.13. The summed E-state index contributed by atoms with van der Waals surface area (Å²) in [6, 6.07) is 1.79. The number of aryl methyl sites for hydroxylation is 2. The third-order valence-corrected chi connectivity index (χ3v) is 2.32. The van der Waals surface area contributed by atoms with Crippen LogP contribution in [0.4, 0.5) is 0 Å². The predicted octanol–water partition coefficient (Wildman–Crippen LogP) is 0.487. The second kappa shape index (κ2) is 3.80. The van der Waals surface area contributed by atoms with Gasteiger partial charge in [-0.3, -0.25) is 4.98 Å². The van der Waals surface area contributed by atoms with E-state index in [0.717, 1.165) is 11.1 Å². The highest BCUT2D eigenvalue weighted by Crippen LogP contribution is 2.20. The Morgan fingerprint density at radius 3 is 2.75 bits per heavy atom. The molecule has 0 atom stereocenters. The van der Waals surface area contributed by atoms with Gasteiger partial charge in [0.25, 0.3) is 0 Å². The second-order valence-corrected chi connectivity index (χ2v) is 3.44. The molecule has 0 aliphatic carbocycles. The molecule has 0 aliphatic rings. The topological polar surface area (TPSA) is 72.8 Å². The van der Waals surface area contributed by atoms with E-state index in [1.54, 1.807) is 26.4 Å². The van der Waals surface area contributed by atoms with Crippen molar-refractivity contribution in [2.45, 2.75) is 6.92 Å². The third kappa shape index (κ3) is 1.69. The van der Waals surface area contributed by atoms with Crippen LogP contribution in [0.3, 0.4) is 0 Å². The number of hydrogen-bond acceptors (Lipinski definition) is 4. The van der Waals surface area contributed by atoms with Crippen molar-refractivity contribution in [1.82, 2.24) is 19.7 Å². The van der Waals surface area contributed by atoms with E-state index >= 15 is 0 Å². The first-order chi connectivity index (χ1) is 7.61. The number of hydrogen-bond donors (Lipinski definition) is 1. The van der Waals surface area contributed by atoms with E-state index < -0.39 is 0 Å². The van der Waals surface area contributed by atoms with E-state index in [-0.39, 0.29) is 5.69 Å². The first-order valence-corrected chi connectivity index (χ1v) is 4.76. The summed E-state index contributed by atoms with van der Waals surface area (Å²) in [5, 5.41) is 4.06. The molecule has 2 aromatic heterocycles. The van der Waals surface area contributed by atoms with Gasteiger partial charge in [-0.05, 0) is 12.5 Å². The Morgan fingerprint density at radius 1 is 1.50 bits per heavy atom. The molecule has 0 radical (unpaired) electrons. The van der Waals surface area contributed by atoms with Gasteiger partial charge in [-0.15, -0.1) is 0 Å². The zero-order valence-corrected chi connectivity index (χ0v) is 9.31. The van der Waals surface area contributed by atoms with Crippen molar-refractivity contribution in [2.24, 2.45) is 7.05 Å². The summed E-state index contributed by atoms with van der Waals surface area (Å²) < 4.78 is 6.26. The molecular formula is C10H12N4O2. The number of rotatable bonds is 2. The summed E-state index contributed by atoms with van der Waals surface area (Å²) in [5.74, 6) is 1.06. The highest BCUT2D eigenvalue weighted by molar-refractivity contribution is 5.58. The molecule has 2 aromatic rings. The minimum atomic E-state index is -0.245. The van der Waals surface area contributed by atoms with Crippen molar-refractivity contribution in [3.05, 3.63) is 28.3 Å². The Hall–Kier alpha value is -2.11. The van der Waals surface area contributed by atoms with Crippen LogP contribution >= 0.6 is 0 Å². The monoisotopic (exact) mass is 220 g/mol. The Bertz CT molecular complexity index is 570. The summed E-state index contributed by atoms with van der Waals surface area (Å²) in [7, 11) is 3.15. The van der Waals surface area contributed by atoms with Crippen molar-refractivity contribution in [3.8, 4) is 17.3 Å². The summed E-state index contributed by atoms with van der Waals surface area (Å²) in [4.78, 5) is 18.0. The number of H-pyrrole nitrogens is 1. The lowest BCUT2D eigenvalue weighted by Gasteiger charge is -2.03. The van der Waals surface area contributed by atoms with Crippen molar-refractivity contribution in [3.63, 3.8) is 0 Å². The SMILES string of the molecule is COc1cc(C)c(-c2nn(C)c(=O)[nH]2)cn1. The normalized spacial score (nSPS) is 10.4. The molecule has 2 rings (SSSR count). The van der Waals surface area contributed by atoms with Crippen molar-refractivity contribution >= 4 is 0 Å². The van der Waals surface area contributed by atoms with E-state index in [0.29, 0.717) is 11.7 Å². The van der Waals surface area contributed by atoms with E-state index in [4.69, 9.17) is 4.74 Å². The number of nitrogens with one attached hydrogen (secondary N) is 1. The number of aromatic amines is 1. The van der Waals surface area contributed by atoms with Crippen LogP contribution in [0, 0.1) is 6.92 Å². The average molecular weight is 220 g/mol. The van der Waals surface area contributed by atoms with Crippen LogP contribution in [0.1, 0.15) is 5.56 Å². The van der Waals surface area contributed by atoms with Crippen LogP contribution in [0.2, 0.25) is 0 Å². The Morgan fingerprint density at radius 2 is 2.25 bits per heavy atom. The fraction of sp³-hybridized carbons (Fsp3) is 0.300. The van der Waals surface area contributed by atoms with Gasteiger partial charge in [0.05, 0.1) is 7.11 Å². The van der Waals surface area contributed by atoms with Gasteiger partial charge in [-0.1, -0.05) is 0 Å². The lowest BCUT2D eigenvalue weighted by molar-refractivity contribution is 0.397. The molecule has 0 bridgehead atoms. The highest BCUT2D eigenvalue weighted by atomic mass is 16.5. The summed E-state index contributed by atoms with van der Waals surface area (Å²) in [5.41, 5.74) is 1.49. The smallest absolute Gasteiger partial charge is 0.343 e. The molecule has 0 saturated heterocycles. The Kier molecular flexibility index (Phi) is 2.47. The number of pyridine rings is 1. The molecule has 1 N–H and O–H groups in total. The summed E-state index contributed by atoms with van der Waals surface area (Å²) in [6.45, 7) is 1.91. The van der Waals surface area contributed by atoms with Crippen LogP contribution < -0.4 is 10.4 Å². The molecule has 0 unspecified atom stereocenters. The Labute approximate surface area is 91.9 Å². The zero-order chi connectivity index (χ0) is 11.7. The van der Waals surface area contributed by atoms with Gasteiger partial charge in [0.1, 0.15) is 0 Å². The standard InChI is InChI=1S/C10H12N4O2/c1-6-4-8(16-3)11-5-7(6)9-12-10(15)14(2)13-9/h4-5H,1-3H3,(H,12,13,15). The summed E-state index contributed by atoms with van der Waals surface area (Å²) in [6.07, 6.45) is 1.63. The van der Waals surface area contributed by atoms with Gasteiger partial charge in [0.2, 0.25) is 5.88 Å². The zero-order valence-electron chi connectivity index (χ0n) is 9.31. The molecule has 0 amide bonds. The molecule has 0 fully saturated rings. The maximum Gasteiger partial charge on any atom is 0.343 e. The highest BCUT2D eigenvalue weighted by Gasteiger charge is 2.09. The van der Waals surface area contributed by atoms with Crippen molar-refractivity contribution in [1.29, 1.82) is 0 Å². The molecule has 0 aromatic carbocycles. The predicted molar refractivity (Wildman–Crippen MR) is 58.3 cm³/mol. The molecule has 0 spiro atoms. The van der Waals surface area contributed by atoms with Crippen LogP contribution in [0.5, 0.6) is 5.88 Å². The minimum Gasteiger partial charge on any atom is -0.481 e. The van der Waals surface area contributed by atoms with Crippen LogP contribution in [0.25, 0.3) is 11.4 Å². The van der Waals surface area contributed by atoms with E-state index in [1.165, 1.54) is 4.68 Å². The van der Waals surface area contributed by atoms with Gasteiger partial charge < -0.3 is 4.74 Å². The van der Waals surface area contributed by atoms with Crippen LogP contribution in [0.15, 0.2) is 17.1 Å². The Balaban J connectivity index is 2.52. The van der Waals surface area contributed by atoms with E-state index in [9.17, 15) is 4.79 Å². The largest absolute Gasteiger partial charge is 0.481 e. The number of methoxy groups -OCH3 is 1. The molecule has 0 saturated carbocycles. The van der Waals surface area contributed by atoms with Crippen molar-refractivity contribution in [2.75, 3.05) is 7.11 Å². The fourth-order valence-corrected chi connectivity index (χ4v) is 1.41. The fourth-order valence-electron chi connectivity index (χ4n) is 1.41. The molecule has 16 heavy (non-hydrogen) atoms.